The molecule has 90 valence electrons. The summed E-state index contributed by atoms with van der Waals surface area (Å²) < 4.78 is 6.65. The Kier molecular flexibility index (Phi) is 3.58. The topological polar surface area (TPSA) is 58.8 Å². The number of hydrogen-bond donors (Lipinski definition) is 0. The quantitative estimate of drug-likeness (QED) is 0.851. The van der Waals surface area contributed by atoms with Crippen LogP contribution in [-0.4, -0.2) is 10.2 Å². The fraction of sp³-hybridized carbons (Fsp3) is 0.154. The molecule has 0 bridgehead atoms. The van der Waals surface area contributed by atoms with Crippen molar-refractivity contribution in [2.75, 3.05) is 0 Å². The molecule has 5 heteroatoms. The minimum atomic E-state index is 0.223. The highest BCUT2D eigenvalue weighted by Crippen LogP contribution is 2.29. The lowest BCUT2D eigenvalue weighted by molar-refractivity contribution is 0.452. The SMILES string of the molecule is Cc1cc(Oc2nnccc2C#N)cc(C)c1Br. The van der Waals surface area contributed by atoms with Crippen LogP contribution < -0.4 is 4.74 Å². The van der Waals surface area contributed by atoms with Crippen molar-refractivity contribution >= 4 is 15.9 Å². The molecule has 0 spiro atoms. The molecule has 4 nitrogen and oxygen atoms in total. The molecule has 2 aromatic rings. The lowest BCUT2D eigenvalue weighted by Crippen LogP contribution is -1.95. The van der Waals surface area contributed by atoms with Gasteiger partial charge in [0.2, 0.25) is 0 Å². The van der Waals surface area contributed by atoms with Crippen LogP contribution in [0.3, 0.4) is 0 Å². The van der Waals surface area contributed by atoms with Crippen molar-refractivity contribution in [2.24, 2.45) is 0 Å². The van der Waals surface area contributed by atoms with Crippen molar-refractivity contribution in [1.29, 1.82) is 5.26 Å². The first-order chi connectivity index (χ1) is 8.61. The zero-order chi connectivity index (χ0) is 13.1. The molecule has 0 unspecified atom stereocenters. The van der Waals surface area contributed by atoms with Crippen molar-refractivity contribution in [3.8, 4) is 17.7 Å². The number of ether oxygens (including phenoxy) is 1. The van der Waals surface area contributed by atoms with Crippen LogP contribution in [0.25, 0.3) is 0 Å². The molecule has 0 saturated heterocycles. The number of hydrogen-bond acceptors (Lipinski definition) is 4. The lowest BCUT2D eigenvalue weighted by Gasteiger charge is -2.09. The van der Waals surface area contributed by atoms with Gasteiger partial charge in [0, 0.05) is 4.47 Å². The number of rotatable bonds is 2. The Balaban J connectivity index is 2.38. The number of aryl methyl sites for hydroxylation is 2. The molecule has 0 aliphatic carbocycles. The Labute approximate surface area is 113 Å². The standard InChI is InChI=1S/C13H10BrN3O/c1-8-5-11(6-9(2)12(8)14)18-13-10(7-15)3-4-16-17-13/h3-6H,1-2H3. The van der Waals surface area contributed by atoms with E-state index in [2.05, 4.69) is 26.1 Å². The van der Waals surface area contributed by atoms with E-state index < -0.39 is 0 Å². The number of benzene rings is 1. The average molecular weight is 304 g/mol. The van der Waals surface area contributed by atoms with Crippen LogP contribution in [0.5, 0.6) is 11.6 Å². The van der Waals surface area contributed by atoms with Gasteiger partial charge in [-0.2, -0.15) is 10.4 Å². The van der Waals surface area contributed by atoms with Gasteiger partial charge in [0.15, 0.2) is 0 Å². The number of nitriles is 1. The van der Waals surface area contributed by atoms with E-state index in [9.17, 15) is 0 Å². The third kappa shape index (κ3) is 2.49. The first kappa shape index (κ1) is 12.5. The summed E-state index contributed by atoms with van der Waals surface area (Å²) in [5.41, 5.74) is 2.49. The summed E-state index contributed by atoms with van der Waals surface area (Å²) in [6.07, 6.45) is 1.46. The Hall–Kier alpha value is -1.93. The maximum Gasteiger partial charge on any atom is 0.256 e. The second-order valence-electron chi connectivity index (χ2n) is 3.83. The maximum absolute atomic E-state index is 8.94. The number of nitrogens with zero attached hydrogens (tertiary/aromatic N) is 3. The fourth-order valence-corrected chi connectivity index (χ4v) is 1.78. The minimum absolute atomic E-state index is 0.223. The highest BCUT2D eigenvalue weighted by atomic mass is 79.9. The van der Waals surface area contributed by atoms with E-state index in [1.165, 1.54) is 6.20 Å². The van der Waals surface area contributed by atoms with Gasteiger partial charge in [-0.05, 0) is 43.2 Å². The molecule has 0 aliphatic rings. The molecule has 0 saturated carbocycles. The van der Waals surface area contributed by atoms with Crippen molar-refractivity contribution < 1.29 is 4.74 Å². The Morgan fingerprint density at radius 2 is 1.94 bits per heavy atom. The summed E-state index contributed by atoms with van der Waals surface area (Å²) in [7, 11) is 0. The molecule has 18 heavy (non-hydrogen) atoms. The third-order valence-electron chi connectivity index (χ3n) is 2.43. The predicted molar refractivity (Wildman–Crippen MR) is 70.4 cm³/mol. The average Bonchev–Trinajstić information content (AvgIpc) is 2.36. The highest BCUT2D eigenvalue weighted by Gasteiger charge is 2.08. The van der Waals surface area contributed by atoms with Crippen LogP contribution in [0.1, 0.15) is 16.7 Å². The third-order valence-corrected chi connectivity index (χ3v) is 3.68. The first-order valence-corrected chi connectivity index (χ1v) is 6.07. The van der Waals surface area contributed by atoms with Crippen molar-refractivity contribution in [3.05, 3.63) is 45.6 Å². The van der Waals surface area contributed by atoms with Crippen molar-refractivity contribution in [3.63, 3.8) is 0 Å². The van der Waals surface area contributed by atoms with Crippen molar-refractivity contribution in [2.45, 2.75) is 13.8 Å². The van der Waals surface area contributed by atoms with Crippen LogP contribution in [0.2, 0.25) is 0 Å². The normalized spacial score (nSPS) is 9.89. The van der Waals surface area contributed by atoms with E-state index in [0.717, 1.165) is 15.6 Å². The van der Waals surface area contributed by atoms with Crippen LogP contribution in [0, 0.1) is 25.2 Å². The lowest BCUT2D eigenvalue weighted by atomic mass is 10.1. The first-order valence-electron chi connectivity index (χ1n) is 5.28. The minimum Gasteiger partial charge on any atom is -0.437 e. The second kappa shape index (κ2) is 5.15. The predicted octanol–water partition coefficient (Wildman–Crippen LogP) is 3.52. The smallest absolute Gasteiger partial charge is 0.256 e. The van der Waals surface area contributed by atoms with Gasteiger partial charge < -0.3 is 4.74 Å². The van der Waals surface area contributed by atoms with Gasteiger partial charge in [-0.3, -0.25) is 0 Å². The summed E-state index contributed by atoms with van der Waals surface area (Å²) in [6.45, 7) is 3.96. The summed E-state index contributed by atoms with van der Waals surface area (Å²) >= 11 is 3.49. The van der Waals surface area contributed by atoms with Gasteiger partial charge in [-0.15, -0.1) is 5.10 Å². The molecule has 0 amide bonds. The van der Waals surface area contributed by atoms with Gasteiger partial charge >= 0.3 is 0 Å². The van der Waals surface area contributed by atoms with Gasteiger partial charge in [-0.25, -0.2) is 0 Å². The van der Waals surface area contributed by atoms with Crippen LogP contribution in [-0.2, 0) is 0 Å². The van der Waals surface area contributed by atoms with E-state index in [1.807, 2.05) is 32.0 Å². The van der Waals surface area contributed by atoms with E-state index in [-0.39, 0.29) is 5.88 Å². The van der Waals surface area contributed by atoms with E-state index in [4.69, 9.17) is 10.00 Å². The molecule has 0 fully saturated rings. The summed E-state index contributed by atoms with van der Waals surface area (Å²) in [5, 5.41) is 16.5. The zero-order valence-corrected chi connectivity index (χ0v) is 11.5. The molecular weight excluding hydrogens is 294 g/mol. The Bertz CT molecular complexity index is 611. The van der Waals surface area contributed by atoms with Gasteiger partial charge in [0.05, 0.1) is 6.20 Å². The van der Waals surface area contributed by atoms with Gasteiger partial charge in [-0.1, -0.05) is 15.9 Å². The van der Waals surface area contributed by atoms with Gasteiger partial charge in [0.1, 0.15) is 17.4 Å². The molecule has 0 radical (unpaired) electrons. The van der Waals surface area contributed by atoms with Crippen LogP contribution in [0.4, 0.5) is 0 Å². The zero-order valence-electron chi connectivity index (χ0n) is 9.94. The highest BCUT2D eigenvalue weighted by molar-refractivity contribution is 9.10. The largest absolute Gasteiger partial charge is 0.437 e. The fourth-order valence-electron chi connectivity index (χ4n) is 1.56. The molecule has 0 atom stereocenters. The van der Waals surface area contributed by atoms with Crippen LogP contribution in [0.15, 0.2) is 28.9 Å². The molecular formula is C13H10BrN3O. The summed E-state index contributed by atoms with van der Waals surface area (Å²) in [5.74, 6) is 0.867. The van der Waals surface area contributed by atoms with E-state index >= 15 is 0 Å². The number of halogens is 1. The second-order valence-corrected chi connectivity index (χ2v) is 4.63. The van der Waals surface area contributed by atoms with Crippen molar-refractivity contribution in [1.82, 2.24) is 10.2 Å². The summed E-state index contributed by atoms with van der Waals surface area (Å²) in [6, 6.07) is 7.35. The molecule has 1 heterocycles. The van der Waals surface area contributed by atoms with Gasteiger partial charge in [0.25, 0.3) is 5.88 Å². The van der Waals surface area contributed by atoms with Crippen LogP contribution >= 0.6 is 15.9 Å². The molecule has 0 aliphatic heterocycles. The maximum atomic E-state index is 8.94. The monoisotopic (exact) mass is 303 g/mol. The Morgan fingerprint density at radius 1 is 1.28 bits per heavy atom. The van der Waals surface area contributed by atoms with E-state index in [0.29, 0.717) is 11.3 Å². The number of aromatic nitrogens is 2. The molecule has 2 rings (SSSR count). The summed E-state index contributed by atoms with van der Waals surface area (Å²) in [4.78, 5) is 0. The molecule has 1 aromatic heterocycles. The van der Waals surface area contributed by atoms with E-state index in [1.54, 1.807) is 6.07 Å². The Morgan fingerprint density at radius 3 is 2.56 bits per heavy atom. The molecule has 1 aromatic carbocycles. The molecule has 0 N–H and O–H groups in total.